The number of nitrogens with two attached hydrogens (primary N) is 1. The van der Waals surface area contributed by atoms with Crippen molar-refractivity contribution in [2.24, 2.45) is 17.6 Å². The number of nitrogens with zero attached hydrogens (tertiary/aromatic N) is 4. The predicted molar refractivity (Wildman–Crippen MR) is 129 cm³/mol. The lowest BCUT2D eigenvalue weighted by atomic mass is 10.0. The van der Waals surface area contributed by atoms with Crippen LogP contribution in [-0.4, -0.2) is 59.6 Å². The van der Waals surface area contributed by atoms with E-state index in [2.05, 4.69) is 27.0 Å². The molecule has 2 aliphatic heterocycles. The summed E-state index contributed by atoms with van der Waals surface area (Å²) in [7, 11) is 2.18. The lowest BCUT2D eigenvalue weighted by Gasteiger charge is -2.19. The second-order valence-corrected chi connectivity index (χ2v) is 7.42. The van der Waals surface area contributed by atoms with E-state index < -0.39 is 0 Å². The molecule has 7 nitrogen and oxygen atoms in total. The Bertz CT molecular complexity index is 866. The monoisotopic (exact) mass is 424 g/mol. The number of phenolic OH excluding ortho intramolecular Hbond substituents is 1. The molecule has 168 valence electrons. The first-order valence-corrected chi connectivity index (χ1v) is 11.1. The lowest BCUT2D eigenvalue weighted by Crippen LogP contribution is -2.27. The van der Waals surface area contributed by atoms with Crippen LogP contribution in [0.25, 0.3) is 16.8 Å². The van der Waals surface area contributed by atoms with Crippen LogP contribution < -0.4 is 10.6 Å². The number of rotatable bonds is 4. The zero-order chi connectivity index (χ0) is 23.0. The summed E-state index contributed by atoms with van der Waals surface area (Å²) < 4.78 is 0. The maximum Gasteiger partial charge on any atom is 0.151 e. The van der Waals surface area contributed by atoms with E-state index in [0.717, 1.165) is 38.2 Å². The fourth-order valence-corrected chi connectivity index (χ4v) is 4.21. The first-order valence-electron chi connectivity index (χ1n) is 11.1. The third-order valence-electron chi connectivity index (χ3n) is 5.59. The van der Waals surface area contributed by atoms with Crippen molar-refractivity contribution in [2.45, 2.75) is 27.7 Å². The van der Waals surface area contributed by atoms with Crippen molar-refractivity contribution in [3.05, 3.63) is 42.1 Å². The van der Waals surface area contributed by atoms with Crippen LogP contribution in [-0.2, 0) is 0 Å². The molecule has 4 rings (SSSR count). The van der Waals surface area contributed by atoms with Gasteiger partial charge in [0.1, 0.15) is 5.75 Å². The van der Waals surface area contributed by atoms with Crippen LogP contribution in [0.2, 0.25) is 0 Å². The Morgan fingerprint density at radius 2 is 1.68 bits per heavy atom. The highest BCUT2D eigenvalue weighted by atomic mass is 16.3. The average Bonchev–Trinajstić information content (AvgIpc) is 3.35. The molecular formula is C24H36N6O. The van der Waals surface area contributed by atoms with Gasteiger partial charge in [-0.05, 0) is 48.7 Å². The molecule has 2 fully saturated rings. The molecule has 3 heterocycles. The molecule has 2 unspecified atom stereocenters. The highest BCUT2D eigenvalue weighted by molar-refractivity contribution is 6.08. The number of allylic oxidation sites excluding steroid dienone is 1. The number of fused-ring (bicyclic) bond motifs is 1. The zero-order valence-electron chi connectivity index (χ0n) is 19.3. The van der Waals surface area contributed by atoms with Gasteiger partial charge in [0.05, 0.1) is 5.69 Å². The number of hydrogen-bond acceptors (Lipinski definition) is 7. The van der Waals surface area contributed by atoms with Gasteiger partial charge in [-0.25, -0.2) is 0 Å². The Hall–Kier alpha value is -2.93. The summed E-state index contributed by atoms with van der Waals surface area (Å²) in [5.41, 5.74) is 7.97. The third-order valence-corrected chi connectivity index (χ3v) is 5.59. The highest BCUT2D eigenvalue weighted by Crippen LogP contribution is 2.34. The number of benzene rings is 1. The van der Waals surface area contributed by atoms with Crippen LogP contribution in [0.5, 0.6) is 5.75 Å². The van der Waals surface area contributed by atoms with Crippen LogP contribution in [0.4, 0.5) is 5.82 Å². The van der Waals surface area contributed by atoms with Crippen LogP contribution >= 0.6 is 0 Å². The standard InChI is InChI=1S/C20H24N6O.2C2H6/c1-25-9-15-11-26(12-16(15)10-25)20-5-4-18(23-24-20)17-3-2-13(6-19(17)27)14(7-21)8-22;2*1-2/h2-8,15-16,21,27H,9-12,22H2,1H3;2*1-2H3/b14-8+,21-7?;;. The van der Waals surface area contributed by atoms with Crippen molar-refractivity contribution in [2.75, 3.05) is 38.1 Å². The second kappa shape index (κ2) is 11.5. The lowest BCUT2D eigenvalue weighted by molar-refractivity contribution is 0.387. The van der Waals surface area contributed by atoms with Gasteiger partial charge in [0, 0.05) is 49.7 Å². The zero-order valence-corrected chi connectivity index (χ0v) is 19.3. The number of anilines is 1. The Morgan fingerprint density at radius 3 is 2.16 bits per heavy atom. The molecule has 0 saturated carbocycles. The summed E-state index contributed by atoms with van der Waals surface area (Å²) in [6.07, 6.45) is 2.51. The van der Waals surface area contributed by atoms with Crippen molar-refractivity contribution in [1.29, 1.82) is 5.41 Å². The average molecular weight is 425 g/mol. The van der Waals surface area contributed by atoms with Crippen LogP contribution in [0.1, 0.15) is 33.3 Å². The van der Waals surface area contributed by atoms with Gasteiger partial charge in [0.25, 0.3) is 0 Å². The van der Waals surface area contributed by atoms with E-state index in [-0.39, 0.29) is 5.75 Å². The molecule has 2 atom stereocenters. The first kappa shape index (κ1) is 24.3. The van der Waals surface area contributed by atoms with Gasteiger partial charge in [-0.15, -0.1) is 10.2 Å². The number of aromatic hydroxyl groups is 1. The van der Waals surface area contributed by atoms with Gasteiger partial charge in [-0.3, -0.25) is 0 Å². The minimum atomic E-state index is 0.0921. The largest absolute Gasteiger partial charge is 0.507 e. The van der Waals surface area contributed by atoms with Gasteiger partial charge in [-0.2, -0.15) is 0 Å². The molecule has 1 aromatic heterocycles. The molecule has 7 heteroatoms. The fourth-order valence-electron chi connectivity index (χ4n) is 4.21. The van der Waals surface area contributed by atoms with E-state index in [4.69, 9.17) is 11.1 Å². The second-order valence-electron chi connectivity index (χ2n) is 7.42. The van der Waals surface area contributed by atoms with Gasteiger partial charge < -0.3 is 26.0 Å². The number of hydrogen-bond donors (Lipinski definition) is 3. The Balaban J connectivity index is 0.000000807. The minimum absolute atomic E-state index is 0.0921. The van der Waals surface area contributed by atoms with Crippen LogP contribution in [0.3, 0.4) is 0 Å². The highest BCUT2D eigenvalue weighted by Gasteiger charge is 2.39. The van der Waals surface area contributed by atoms with Gasteiger partial charge in [0.15, 0.2) is 5.82 Å². The molecule has 0 aliphatic carbocycles. The molecule has 0 bridgehead atoms. The Labute approximate surface area is 186 Å². The van der Waals surface area contributed by atoms with Crippen molar-refractivity contribution >= 4 is 17.6 Å². The van der Waals surface area contributed by atoms with Crippen molar-refractivity contribution < 1.29 is 5.11 Å². The quantitative estimate of drug-likeness (QED) is 0.644. The number of phenols is 1. The fraction of sp³-hybridized carbons (Fsp3) is 0.458. The van der Waals surface area contributed by atoms with E-state index in [1.807, 2.05) is 45.9 Å². The van der Waals surface area contributed by atoms with Crippen molar-refractivity contribution in [3.8, 4) is 17.0 Å². The van der Waals surface area contributed by atoms with Gasteiger partial charge >= 0.3 is 0 Å². The van der Waals surface area contributed by atoms with Crippen molar-refractivity contribution in [1.82, 2.24) is 15.1 Å². The molecule has 4 N–H and O–H groups in total. The third kappa shape index (κ3) is 5.41. The topological polar surface area (TPSA) is 102 Å². The number of likely N-dealkylation sites (tertiary alicyclic amines) is 1. The number of aromatic nitrogens is 2. The molecule has 0 spiro atoms. The molecule has 2 aromatic rings. The normalized spacial score (nSPS) is 20.3. The Kier molecular flexibility index (Phi) is 9.00. The minimum Gasteiger partial charge on any atom is -0.507 e. The predicted octanol–water partition coefficient (Wildman–Crippen LogP) is 3.85. The number of nitrogens with one attached hydrogen (secondary N) is 1. The molecular weight excluding hydrogens is 388 g/mol. The summed E-state index contributed by atoms with van der Waals surface area (Å²) in [6.45, 7) is 12.4. The SMILES string of the molecule is CC.CC.CN1CC2CN(c3ccc(-c4ccc(/C(C=N)=C/N)cc4O)nn3)CC2C1. The molecule has 0 radical (unpaired) electrons. The summed E-state index contributed by atoms with van der Waals surface area (Å²) in [5, 5.41) is 26.5. The van der Waals surface area contributed by atoms with Crippen LogP contribution in [0.15, 0.2) is 36.5 Å². The van der Waals surface area contributed by atoms with E-state index in [0.29, 0.717) is 34.2 Å². The van der Waals surface area contributed by atoms with Gasteiger partial charge in [0.2, 0.25) is 0 Å². The Morgan fingerprint density at radius 1 is 1.03 bits per heavy atom. The van der Waals surface area contributed by atoms with E-state index in [1.165, 1.54) is 6.20 Å². The molecule has 2 aliphatic rings. The van der Waals surface area contributed by atoms with Crippen molar-refractivity contribution in [3.63, 3.8) is 0 Å². The van der Waals surface area contributed by atoms with Gasteiger partial charge in [-0.1, -0.05) is 33.8 Å². The first-order chi connectivity index (χ1) is 15.1. The maximum atomic E-state index is 10.4. The molecule has 1 aromatic carbocycles. The van der Waals surface area contributed by atoms with E-state index >= 15 is 0 Å². The molecule has 31 heavy (non-hydrogen) atoms. The summed E-state index contributed by atoms with van der Waals surface area (Å²) >= 11 is 0. The van der Waals surface area contributed by atoms with Crippen LogP contribution in [0, 0.1) is 17.2 Å². The smallest absolute Gasteiger partial charge is 0.151 e. The summed E-state index contributed by atoms with van der Waals surface area (Å²) in [6, 6.07) is 9.05. The summed E-state index contributed by atoms with van der Waals surface area (Å²) in [4.78, 5) is 4.71. The summed E-state index contributed by atoms with van der Waals surface area (Å²) in [5.74, 6) is 2.41. The maximum absolute atomic E-state index is 10.4. The van der Waals surface area contributed by atoms with E-state index in [1.54, 1.807) is 12.1 Å². The van der Waals surface area contributed by atoms with E-state index in [9.17, 15) is 5.11 Å². The molecule has 0 amide bonds. The molecule has 2 saturated heterocycles.